The lowest BCUT2D eigenvalue weighted by atomic mass is 9.91. The second kappa shape index (κ2) is 7.20. The van der Waals surface area contributed by atoms with Gasteiger partial charge >= 0.3 is 6.03 Å². The Hall–Kier alpha value is -1.82. The highest BCUT2D eigenvalue weighted by Gasteiger charge is 2.42. The van der Waals surface area contributed by atoms with Crippen LogP contribution >= 0.6 is 0 Å². The fourth-order valence-corrected chi connectivity index (χ4v) is 4.32. The summed E-state index contributed by atoms with van der Waals surface area (Å²) in [7, 11) is 0. The lowest BCUT2D eigenvalue weighted by Gasteiger charge is -2.22. The fourth-order valence-electron chi connectivity index (χ4n) is 4.32. The average molecular weight is 344 g/mol. The second-order valence-corrected chi connectivity index (χ2v) is 7.58. The van der Waals surface area contributed by atoms with Gasteiger partial charge in [0.05, 0.1) is 18.5 Å². The highest BCUT2D eigenvalue weighted by Crippen LogP contribution is 2.49. The van der Waals surface area contributed by atoms with E-state index in [1.165, 1.54) is 32.4 Å². The van der Waals surface area contributed by atoms with Crippen LogP contribution in [-0.2, 0) is 0 Å². The van der Waals surface area contributed by atoms with Crippen molar-refractivity contribution in [3.63, 3.8) is 0 Å². The number of aromatic nitrogens is 1. The van der Waals surface area contributed by atoms with E-state index in [0.717, 1.165) is 42.0 Å². The summed E-state index contributed by atoms with van der Waals surface area (Å²) in [6, 6.07) is 1.94. The number of ether oxygens (including phenoxy) is 1. The average Bonchev–Trinajstić information content (AvgIpc) is 3.28. The second-order valence-electron chi connectivity index (χ2n) is 7.58. The molecular weight excluding hydrogens is 316 g/mol. The van der Waals surface area contributed by atoms with E-state index in [9.17, 15) is 4.79 Å². The third kappa shape index (κ3) is 3.73. The topological polar surface area (TPSA) is 66.5 Å². The maximum atomic E-state index is 11.7. The number of piperidine rings is 1. The van der Waals surface area contributed by atoms with E-state index in [1.807, 2.05) is 13.0 Å². The maximum Gasteiger partial charge on any atom is 0.322 e. The number of carbonyl (C=O) groups excluding carboxylic acids is 1. The monoisotopic (exact) mass is 344 g/mol. The van der Waals surface area contributed by atoms with Crippen molar-refractivity contribution in [2.24, 2.45) is 17.8 Å². The van der Waals surface area contributed by atoms with E-state index in [0.29, 0.717) is 19.0 Å². The van der Waals surface area contributed by atoms with Crippen LogP contribution in [0.4, 0.5) is 10.5 Å². The highest BCUT2D eigenvalue weighted by atomic mass is 16.5. The van der Waals surface area contributed by atoms with Crippen LogP contribution < -0.4 is 20.3 Å². The van der Waals surface area contributed by atoms with Gasteiger partial charge in [-0.1, -0.05) is 0 Å². The molecule has 2 N–H and O–H groups in total. The molecule has 1 saturated carbocycles. The Morgan fingerprint density at radius 1 is 1.32 bits per heavy atom. The van der Waals surface area contributed by atoms with Gasteiger partial charge in [0.25, 0.3) is 0 Å². The van der Waals surface area contributed by atoms with Gasteiger partial charge in [-0.2, -0.15) is 0 Å². The molecule has 2 saturated heterocycles. The van der Waals surface area contributed by atoms with E-state index in [-0.39, 0.29) is 6.03 Å². The van der Waals surface area contributed by atoms with Crippen molar-refractivity contribution < 1.29 is 9.53 Å². The van der Waals surface area contributed by atoms with Gasteiger partial charge in [0, 0.05) is 18.7 Å². The van der Waals surface area contributed by atoms with Gasteiger partial charge in [0.15, 0.2) is 0 Å². The number of carbonyl (C=O) groups is 1. The highest BCUT2D eigenvalue weighted by molar-refractivity contribution is 5.93. The number of hydrogen-bond donors (Lipinski definition) is 2. The van der Waals surface area contributed by atoms with Crippen LogP contribution in [0.3, 0.4) is 0 Å². The third-order valence-corrected chi connectivity index (χ3v) is 5.88. The zero-order valence-corrected chi connectivity index (χ0v) is 15.0. The molecule has 1 aromatic heterocycles. The minimum atomic E-state index is -0.0486. The van der Waals surface area contributed by atoms with E-state index < -0.39 is 0 Å². The van der Waals surface area contributed by atoms with Crippen LogP contribution in [0.25, 0.3) is 0 Å². The summed E-state index contributed by atoms with van der Waals surface area (Å²) in [6.07, 6.45) is 6.93. The quantitative estimate of drug-likeness (QED) is 0.831. The number of hydrogen-bond acceptors (Lipinski definition) is 4. The first-order chi connectivity index (χ1) is 12.2. The summed E-state index contributed by atoms with van der Waals surface area (Å²) >= 11 is 0. The lowest BCUT2D eigenvalue weighted by molar-refractivity contribution is 0.252. The number of urea groups is 1. The Balaban J connectivity index is 1.25. The molecule has 3 fully saturated rings. The minimum absolute atomic E-state index is 0.0486. The number of aryl methyl sites for hydroxylation is 1. The Labute approximate surface area is 149 Å². The summed E-state index contributed by atoms with van der Waals surface area (Å²) < 4.78 is 5.93. The van der Waals surface area contributed by atoms with E-state index in [2.05, 4.69) is 15.6 Å². The van der Waals surface area contributed by atoms with E-state index in [4.69, 9.17) is 4.74 Å². The molecule has 2 aliphatic heterocycles. The molecular formula is C19H28N4O2. The fraction of sp³-hybridized carbons (Fsp3) is 0.684. The Morgan fingerprint density at radius 3 is 2.88 bits per heavy atom. The number of nitrogens with zero attached hydrogens (tertiary/aromatic N) is 2. The van der Waals surface area contributed by atoms with Crippen LogP contribution in [-0.4, -0.2) is 43.8 Å². The molecule has 3 heterocycles. The molecule has 1 aromatic rings. The van der Waals surface area contributed by atoms with Crippen LogP contribution in [0.15, 0.2) is 12.3 Å². The first kappa shape index (κ1) is 16.6. The molecule has 4 rings (SSSR count). The van der Waals surface area contributed by atoms with Gasteiger partial charge in [0.2, 0.25) is 5.88 Å². The van der Waals surface area contributed by atoms with Crippen LogP contribution in [0.2, 0.25) is 0 Å². The predicted octanol–water partition coefficient (Wildman–Crippen LogP) is 2.32. The summed E-state index contributed by atoms with van der Waals surface area (Å²) in [5.74, 6) is 3.39. The Morgan fingerprint density at radius 2 is 2.16 bits per heavy atom. The van der Waals surface area contributed by atoms with Gasteiger partial charge < -0.3 is 15.4 Å². The van der Waals surface area contributed by atoms with E-state index >= 15 is 0 Å². The van der Waals surface area contributed by atoms with Gasteiger partial charge in [-0.15, -0.1) is 0 Å². The number of pyridine rings is 1. The number of nitrogens with one attached hydrogen (secondary N) is 2. The zero-order chi connectivity index (χ0) is 17.2. The lowest BCUT2D eigenvalue weighted by Crippen LogP contribution is -2.29. The first-order valence-electron chi connectivity index (χ1n) is 9.58. The molecule has 0 spiro atoms. The van der Waals surface area contributed by atoms with Crippen molar-refractivity contribution >= 4 is 11.7 Å². The maximum absolute atomic E-state index is 11.7. The van der Waals surface area contributed by atoms with Crippen molar-refractivity contribution in [1.29, 1.82) is 0 Å². The number of anilines is 1. The van der Waals surface area contributed by atoms with Crippen molar-refractivity contribution in [1.82, 2.24) is 15.6 Å². The molecule has 6 heteroatoms. The molecule has 1 aliphatic carbocycles. The first-order valence-corrected chi connectivity index (χ1v) is 9.58. The van der Waals surface area contributed by atoms with Crippen LogP contribution in [0.5, 0.6) is 5.88 Å². The Bertz CT molecular complexity index is 630. The molecule has 2 unspecified atom stereocenters. The van der Waals surface area contributed by atoms with Gasteiger partial charge in [-0.05, 0) is 69.5 Å². The zero-order valence-electron chi connectivity index (χ0n) is 15.0. The summed E-state index contributed by atoms with van der Waals surface area (Å²) in [5.41, 5.74) is 1.83. The van der Waals surface area contributed by atoms with E-state index in [1.54, 1.807) is 11.1 Å². The number of amides is 2. The third-order valence-electron chi connectivity index (χ3n) is 5.88. The molecule has 0 aromatic carbocycles. The van der Waals surface area contributed by atoms with Crippen LogP contribution in [0, 0.1) is 24.7 Å². The molecule has 2 atom stereocenters. The molecule has 0 bridgehead atoms. The van der Waals surface area contributed by atoms with Crippen molar-refractivity contribution in [3.05, 3.63) is 17.8 Å². The molecule has 25 heavy (non-hydrogen) atoms. The van der Waals surface area contributed by atoms with Crippen molar-refractivity contribution in [3.8, 4) is 5.88 Å². The molecule has 2 amide bonds. The standard InChI is InChI=1S/C19H28N4O2/c1-13-10-16(23-8-7-21-19(23)24)12-22-18(13)25-9-4-15-11-17(15)14-2-5-20-6-3-14/h10,12,14-15,17,20H,2-9,11H2,1H3,(H,21,24). The summed E-state index contributed by atoms with van der Waals surface area (Å²) in [5, 5.41) is 6.26. The van der Waals surface area contributed by atoms with Gasteiger partial charge in [-0.25, -0.2) is 9.78 Å². The Kier molecular flexibility index (Phi) is 4.79. The molecule has 136 valence electrons. The predicted molar refractivity (Wildman–Crippen MR) is 97.0 cm³/mol. The smallest absolute Gasteiger partial charge is 0.322 e. The molecule has 0 radical (unpaired) electrons. The minimum Gasteiger partial charge on any atom is -0.477 e. The van der Waals surface area contributed by atoms with Crippen LogP contribution in [0.1, 0.15) is 31.2 Å². The summed E-state index contributed by atoms with van der Waals surface area (Å²) in [6.45, 7) is 6.50. The normalized spacial score (nSPS) is 26.6. The van der Waals surface area contributed by atoms with Gasteiger partial charge in [-0.3, -0.25) is 4.90 Å². The molecule has 6 nitrogen and oxygen atoms in total. The molecule has 3 aliphatic rings. The van der Waals surface area contributed by atoms with Crippen molar-refractivity contribution in [2.45, 2.75) is 32.6 Å². The number of rotatable bonds is 6. The van der Waals surface area contributed by atoms with Gasteiger partial charge in [0.1, 0.15) is 0 Å². The largest absolute Gasteiger partial charge is 0.477 e. The SMILES string of the molecule is Cc1cc(N2CCNC2=O)cnc1OCCC1CC1C1CCNCC1. The van der Waals surface area contributed by atoms with Crippen molar-refractivity contribution in [2.75, 3.05) is 37.7 Å². The summed E-state index contributed by atoms with van der Waals surface area (Å²) in [4.78, 5) is 17.9.